The lowest BCUT2D eigenvalue weighted by atomic mass is 10.1. The van der Waals surface area contributed by atoms with Crippen molar-refractivity contribution in [1.29, 1.82) is 5.26 Å². The molecular weight excluding hydrogens is 224 g/mol. The number of nitriles is 1. The van der Waals surface area contributed by atoms with Crippen LogP contribution >= 0.6 is 0 Å². The van der Waals surface area contributed by atoms with Crippen molar-refractivity contribution in [2.24, 2.45) is 0 Å². The molecule has 0 radical (unpaired) electrons. The maximum Gasteiger partial charge on any atom is 0.101 e. The third-order valence-corrected chi connectivity index (χ3v) is 2.73. The fraction of sp³-hybridized carbons (Fsp3) is 0.143. The summed E-state index contributed by atoms with van der Waals surface area (Å²) in [6.45, 7) is 0.709. The van der Waals surface area contributed by atoms with Gasteiger partial charge in [-0.25, -0.2) is 0 Å². The second-order valence-electron chi connectivity index (χ2n) is 4.10. The Bertz CT molecular complexity index is 569. The number of aromatic nitrogens is 1. The van der Waals surface area contributed by atoms with Gasteiger partial charge in [-0.1, -0.05) is 12.1 Å². The summed E-state index contributed by atoms with van der Waals surface area (Å²) < 4.78 is 0. The lowest BCUT2D eigenvalue weighted by Gasteiger charge is -2.20. The number of nitrogen functional groups attached to an aromatic ring is 1. The molecule has 0 aliphatic heterocycles. The molecule has 1 heterocycles. The van der Waals surface area contributed by atoms with E-state index in [2.05, 4.69) is 11.1 Å². The van der Waals surface area contributed by atoms with Crippen LogP contribution in [0.5, 0.6) is 0 Å². The maximum absolute atomic E-state index is 9.05. The monoisotopic (exact) mass is 238 g/mol. The van der Waals surface area contributed by atoms with Crippen molar-refractivity contribution in [3.05, 3.63) is 53.9 Å². The second-order valence-corrected chi connectivity index (χ2v) is 4.10. The van der Waals surface area contributed by atoms with E-state index in [1.807, 2.05) is 36.2 Å². The Morgan fingerprint density at radius 1 is 1.28 bits per heavy atom. The van der Waals surface area contributed by atoms with Crippen LogP contribution in [-0.2, 0) is 6.54 Å². The number of hydrogen-bond acceptors (Lipinski definition) is 4. The van der Waals surface area contributed by atoms with Crippen molar-refractivity contribution in [2.75, 3.05) is 17.7 Å². The molecule has 2 rings (SSSR count). The Kier molecular flexibility index (Phi) is 3.44. The van der Waals surface area contributed by atoms with Crippen LogP contribution in [0.4, 0.5) is 11.4 Å². The Labute approximate surface area is 106 Å². The molecule has 0 bridgehead atoms. The zero-order valence-electron chi connectivity index (χ0n) is 10.2. The molecule has 4 heteroatoms. The van der Waals surface area contributed by atoms with E-state index >= 15 is 0 Å². The van der Waals surface area contributed by atoms with E-state index in [0.717, 1.165) is 16.9 Å². The quantitative estimate of drug-likeness (QED) is 0.832. The van der Waals surface area contributed by atoms with E-state index in [0.29, 0.717) is 12.1 Å². The fourth-order valence-corrected chi connectivity index (χ4v) is 1.77. The molecule has 0 spiro atoms. The summed E-state index contributed by atoms with van der Waals surface area (Å²) in [6, 6.07) is 11.6. The molecule has 1 aromatic carbocycles. The third kappa shape index (κ3) is 2.58. The first-order valence-electron chi connectivity index (χ1n) is 5.60. The molecular formula is C14H14N4. The smallest absolute Gasteiger partial charge is 0.101 e. The van der Waals surface area contributed by atoms with Crippen LogP contribution in [0.15, 0.2) is 42.7 Å². The molecule has 0 atom stereocenters. The molecule has 0 saturated carbocycles. The lowest BCUT2D eigenvalue weighted by Crippen LogP contribution is -2.17. The Balaban J connectivity index is 2.19. The van der Waals surface area contributed by atoms with Gasteiger partial charge in [-0.2, -0.15) is 5.26 Å². The highest BCUT2D eigenvalue weighted by Crippen LogP contribution is 2.19. The van der Waals surface area contributed by atoms with Gasteiger partial charge in [0.25, 0.3) is 0 Å². The van der Waals surface area contributed by atoms with Gasteiger partial charge in [0, 0.05) is 25.5 Å². The predicted molar refractivity (Wildman–Crippen MR) is 71.9 cm³/mol. The average molecular weight is 238 g/mol. The van der Waals surface area contributed by atoms with E-state index in [9.17, 15) is 0 Å². The number of pyridine rings is 1. The Hall–Kier alpha value is -2.54. The average Bonchev–Trinajstić information content (AvgIpc) is 2.41. The minimum absolute atomic E-state index is 0.628. The van der Waals surface area contributed by atoms with Crippen molar-refractivity contribution in [1.82, 2.24) is 4.98 Å². The van der Waals surface area contributed by atoms with E-state index < -0.39 is 0 Å². The molecule has 0 amide bonds. The highest BCUT2D eigenvalue weighted by atomic mass is 15.1. The van der Waals surface area contributed by atoms with E-state index in [4.69, 9.17) is 11.0 Å². The van der Waals surface area contributed by atoms with Crippen molar-refractivity contribution < 1.29 is 0 Å². The first-order valence-corrected chi connectivity index (χ1v) is 5.60. The van der Waals surface area contributed by atoms with Gasteiger partial charge in [-0.15, -0.1) is 0 Å². The first kappa shape index (κ1) is 11.9. The first-order chi connectivity index (χ1) is 8.70. The van der Waals surface area contributed by atoms with Crippen LogP contribution in [0.3, 0.4) is 0 Å². The number of benzene rings is 1. The zero-order valence-corrected chi connectivity index (χ0v) is 10.2. The van der Waals surface area contributed by atoms with Crippen molar-refractivity contribution >= 4 is 11.4 Å². The Morgan fingerprint density at radius 2 is 2.00 bits per heavy atom. The van der Waals surface area contributed by atoms with Crippen LogP contribution in [0.25, 0.3) is 0 Å². The summed E-state index contributed by atoms with van der Waals surface area (Å²) in [5.74, 6) is 0. The zero-order chi connectivity index (χ0) is 13.0. The summed E-state index contributed by atoms with van der Waals surface area (Å²) in [6.07, 6.45) is 3.33. The minimum Gasteiger partial charge on any atom is -0.399 e. The Morgan fingerprint density at radius 3 is 2.67 bits per heavy atom. The van der Waals surface area contributed by atoms with Gasteiger partial charge in [-0.3, -0.25) is 4.98 Å². The largest absolute Gasteiger partial charge is 0.399 e. The van der Waals surface area contributed by atoms with Gasteiger partial charge in [0.1, 0.15) is 6.07 Å². The van der Waals surface area contributed by atoms with Crippen molar-refractivity contribution in [3.63, 3.8) is 0 Å². The van der Waals surface area contributed by atoms with Gasteiger partial charge in [0.05, 0.1) is 17.4 Å². The standard InChI is InChI=1S/C14H14N4/c1-18(10-11-2-4-13(16)5-3-11)14-9-17-7-6-12(14)8-15/h2-7,9H,10,16H2,1H3. The molecule has 0 saturated heterocycles. The number of rotatable bonds is 3. The van der Waals surface area contributed by atoms with Gasteiger partial charge < -0.3 is 10.6 Å². The van der Waals surface area contributed by atoms with Crippen LogP contribution in [0, 0.1) is 11.3 Å². The molecule has 0 unspecified atom stereocenters. The van der Waals surface area contributed by atoms with Crippen molar-refractivity contribution in [2.45, 2.75) is 6.54 Å². The molecule has 0 fully saturated rings. The molecule has 2 N–H and O–H groups in total. The van der Waals surface area contributed by atoms with Gasteiger partial charge in [0.15, 0.2) is 0 Å². The van der Waals surface area contributed by atoms with E-state index in [1.54, 1.807) is 18.5 Å². The SMILES string of the molecule is CN(Cc1ccc(N)cc1)c1cnccc1C#N. The normalized spacial score (nSPS) is 9.78. The predicted octanol–water partition coefficient (Wildman–Crippen LogP) is 2.17. The summed E-state index contributed by atoms with van der Waals surface area (Å²) in [7, 11) is 1.94. The van der Waals surface area contributed by atoms with E-state index in [-0.39, 0.29) is 0 Å². The van der Waals surface area contributed by atoms with Crippen LogP contribution in [0.2, 0.25) is 0 Å². The number of anilines is 2. The number of hydrogen-bond donors (Lipinski definition) is 1. The van der Waals surface area contributed by atoms with Gasteiger partial charge in [0.2, 0.25) is 0 Å². The lowest BCUT2D eigenvalue weighted by molar-refractivity contribution is 0.915. The third-order valence-electron chi connectivity index (χ3n) is 2.73. The fourth-order valence-electron chi connectivity index (χ4n) is 1.77. The molecule has 0 aliphatic carbocycles. The molecule has 2 aromatic rings. The highest BCUT2D eigenvalue weighted by Gasteiger charge is 2.07. The summed E-state index contributed by atoms with van der Waals surface area (Å²) >= 11 is 0. The highest BCUT2D eigenvalue weighted by molar-refractivity contribution is 5.57. The molecule has 90 valence electrons. The summed E-state index contributed by atoms with van der Waals surface area (Å²) in [5, 5.41) is 9.05. The van der Waals surface area contributed by atoms with Crippen molar-refractivity contribution in [3.8, 4) is 6.07 Å². The molecule has 0 aliphatic rings. The molecule has 4 nitrogen and oxygen atoms in total. The molecule has 18 heavy (non-hydrogen) atoms. The minimum atomic E-state index is 0.628. The van der Waals surface area contributed by atoms with Gasteiger partial charge >= 0.3 is 0 Å². The van der Waals surface area contributed by atoms with Gasteiger partial charge in [-0.05, 0) is 23.8 Å². The topological polar surface area (TPSA) is 65.9 Å². The van der Waals surface area contributed by atoms with Crippen LogP contribution in [0.1, 0.15) is 11.1 Å². The van der Waals surface area contributed by atoms with Crippen LogP contribution < -0.4 is 10.6 Å². The maximum atomic E-state index is 9.05. The second kappa shape index (κ2) is 5.19. The summed E-state index contributed by atoms with van der Waals surface area (Å²) in [5.41, 5.74) is 8.99. The number of nitrogens with zero attached hydrogens (tertiary/aromatic N) is 3. The number of nitrogens with two attached hydrogens (primary N) is 1. The van der Waals surface area contributed by atoms with E-state index in [1.165, 1.54) is 0 Å². The van der Waals surface area contributed by atoms with Crippen LogP contribution in [-0.4, -0.2) is 12.0 Å². The molecule has 1 aromatic heterocycles. The summed E-state index contributed by atoms with van der Waals surface area (Å²) in [4.78, 5) is 6.05.